The van der Waals surface area contributed by atoms with E-state index >= 15 is 0 Å². The van der Waals surface area contributed by atoms with Gasteiger partial charge in [-0.2, -0.15) is 0 Å². The number of hydrogen-bond acceptors (Lipinski definition) is 2. The minimum Gasteiger partial charge on any atom is -0.366 e. The van der Waals surface area contributed by atoms with Crippen LogP contribution in [0.15, 0.2) is 41.1 Å². The van der Waals surface area contributed by atoms with Gasteiger partial charge in [0.2, 0.25) is 5.91 Å². The van der Waals surface area contributed by atoms with E-state index < -0.39 is 5.91 Å². The zero-order valence-electron chi connectivity index (χ0n) is 6.49. The van der Waals surface area contributed by atoms with Gasteiger partial charge in [-0.15, -0.1) is 0 Å². The molecule has 0 saturated carbocycles. The molecule has 2 nitrogen and oxygen atoms in total. The van der Waals surface area contributed by atoms with Crippen LogP contribution in [0.4, 0.5) is 0 Å². The van der Waals surface area contributed by atoms with E-state index in [0.29, 0.717) is 5.56 Å². The van der Waals surface area contributed by atoms with Gasteiger partial charge in [-0.1, -0.05) is 18.3 Å². The zero-order chi connectivity index (χ0) is 8.97. The minimum atomic E-state index is -0.398. The van der Waals surface area contributed by atoms with Crippen molar-refractivity contribution in [3.05, 3.63) is 41.8 Å². The topological polar surface area (TPSA) is 43.1 Å². The van der Waals surface area contributed by atoms with E-state index in [1.54, 1.807) is 17.5 Å². The van der Waals surface area contributed by atoms with Gasteiger partial charge in [-0.25, -0.2) is 0 Å². The van der Waals surface area contributed by atoms with Crippen molar-refractivity contribution in [2.24, 2.45) is 5.73 Å². The van der Waals surface area contributed by atoms with Crippen molar-refractivity contribution in [3.63, 3.8) is 0 Å². The Morgan fingerprint density at radius 1 is 1.42 bits per heavy atom. The van der Waals surface area contributed by atoms with Crippen molar-refractivity contribution in [1.29, 1.82) is 0 Å². The van der Waals surface area contributed by atoms with Gasteiger partial charge >= 0.3 is 0 Å². The van der Waals surface area contributed by atoms with Gasteiger partial charge < -0.3 is 5.73 Å². The number of nitrogens with two attached hydrogens (primary N) is 1. The van der Waals surface area contributed by atoms with Crippen LogP contribution in [0.2, 0.25) is 0 Å². The van der Waals surface area contributed by atoms with Crippen LogP contribution in [0.3, 0.4) is 0 Å². The molecule has 0 aliphatic heterocycles. The number of rotatable bonds is 3. The normalized spacial score (nSPS) is 9.33. The van der Waals surface area contributed by atoms with E-state index in [1.807, 2.05) is 12.1 Å². The van der Waals surface area contributed by atoms with E-state index in [9.17, 15) is 4.79 Å². The number of carbonyl (C=O) groups is 1. The summed E-state index contributed by atoms with van der Waals surface area (Å²) in [6, 6.07) is 7.08. The lowest BCUT2D eigenvalue weighted by atomic mass is 10.2. The third kappa shape index (κ3) is 2.13. The summed E-state index contributed by atoms with van der Waals surface area (Å²) in [5, 5.41) is 1.74. The largest absolute Gasteiger partial charge is 0.366 e. The highest BCUT2D eigenvalue weighted by Gasteiger charge is 1.98. The predicted octanol–water partition coefficient (Wildman–Crippen LogP) is 2.02. The summed E-state index contributed by atoms with van der Waals surface area (Å²) in [4.78, 5) is 11.7. The average Bonchev–Trinajstić information content (AvgIpc) is 2.06. The molecule has 12 heavy (non-hydrogen) atoms. The predicted molar refractivity (Wildman–Crippen MR) is 51.0 cm³/mol. The maximum absolute atomic E-state index is 10.7. The van der Waals surface area contributed by atoms with Crippen molar-refractivity contribution < 1.29 is 4.79 Å². The number of primary amides is 1. The molecule has 0 bridgehead atoms. The molecule has 0 saturated heterocycles. The van der Waals surface area contributed by atoms with Crippen LogP contribution in [-0.2, 0) is 0 Å². The minimum absolute atomic E-state index is 0.398. The summed E-state index contributed by atoms with van der Waals surface area (Å²) >= 11 is 1.51. The van der Waals surface area contributed by atoms with Gasteiger partial charge in [-0.3, -0.25) is 4.79 Å². The molecule has 0 unspecified atom stereocenters. The van der Waals surface area contributed by atoms with Crippen LogP contribution in [0, 0.1) is 0 Å². The number of amides is 1. The fourth-order valence-corrected chi connectivity index (χ4v) is 1.28. The van der Waals surface area contributed by atoms with Crippen LogP contribution >= 0.6 is 11.8 Å². The van der Waals surface area contributed by atoms with Crippen molar-refractivity contribution in [3.8, 4) is 0 Å². The number of hydrogen-bond donors (Lipinski definition) is 1. The van der Waals surface area contributed by atoms with E-state index in [4.69, 9.17) is 5.73 Å². The summed E-state index contributed by atoms with van der Waals surface area (Å²) in [6.07, 6.45) is 0. The maximum atomic E-state index is 10.7. The fourth-order valence-electron chi connectivity index (χ4n) is 0.794. The van der Waals surface area contributed by atoms with Crippen LogP contribution in [-0.4, -0.2) is 5.91 Å². The zero-order valence-corrected chi connectivity index (χ0v) is 7.30. The lowest BCUT2D eigenvalue weighted by Crippen LogP contribution is -2.10. The Bertz CT molecular complexity index is 292. The first-order valence-electron chi connectivity index (χ1n) is 3.41. The lowest BCUT2D eigenvalue weighted by Gasteiger charge is -1.96. The standard InChI is InChI=1S/C9H9NOS/c1-2-12-8-5-3-7(4-6-8)9(10)11/h2-6H,1H2,(H2,10,11). The number of thioether (sulfide) groups is 1. The van der Waals surface area contributed by atoms with Gasteiger partial charge in [0.25, 0.3) is 0 Å². The van der Waals surface area contributed by atoms with Crippen molar-refractivity contribution in [1.82, 2.24) is 0 Å². The molecular formula is C9H9NOS. The Morgan fingerprint density at radius 2 is 2.00 bits per heavy atom. The second-order valence-electron chi connectivity index (χ2n) is 2.17. The highest BCUT2D eigenvalue weighted by atomic mass is 32.2. The van der Waals surface area contributed by atoms with Crippen LogP contribution in [0.25, 0.3) is 0 Å². The number of benzene rings is 1. The monoisotopic (exact) mass is 179 g/mol. The molecule has 0 aliphatic rings. The molecule has 62 valence electrons. The molecule has 0 heterocycles. The first-order chi connectivity index (χ1) is 5.74. The van der Waals surface area contributed by atoms with Gasteiger partial charge in [0.1, 0.15) is 0 Å². The van der Waals surface area contributed by atoms with Gasteiger partial charge in [0, 0.05) is 10.5 Å². The SMILES string of the molecule is C=CSc1ccc(C(N)=O)cc1. The Labute approximate surface area is 75.5 Å². The summed E-state index contributed by atoms with van der Waals surface area (Å²) in [5.74, 6) is -0.398. The average molecular weight is 179 g/mol. The number of carbonyl (C=O) groups excluding carboxylic acids is 1. The first-order valence-corrected chi connectivity index (χ1v) is 4.29. The molecule has 0 atom stereocenters. The molecule has 0 spiro atoms. The molecule has 1 aromatic carbocycles. The van der Waals surface area contributed by atoms with Gasteiger partial charge in [0.05, 0.1) is 0 Å². The third-order valence-electron chi connectivity index (χ3n) is 1.36. The van der Waals surface area contributed by atoms with Crippen molar-refractivity contribution in [2.75, 3.05) is 0 Å². The smallest absolute Gasteiger partial charge is 0.248 e. The summed E-state index contributed by atoms with van der Waals surface area (Å²) in [6.45, 7) is 3.58. The molecule has 0 aliphatic carbocycles. The van der Waals surface area contributed by atoms with Crippen LogP contribution < -0.4 is 5.73 Å². The Balaban J connectivity index is 2.85. The summed E-state index contributed by atoms with van der Waals surface area (Å²) in [7, 11) is 0. The Kier molecular flexibility index (Phi) is 2.94. The Morgan fingerprint density at radius 3 is 2.42 bits per heavy atom. The molecule has 1 rings (SSSR count). The molecular weight excluding hydrogens is 170 g/mol. The first kappa shape index (κ1) is 8.87. The van der Waals surface area contributed by atoms with Gasteiger partial charge in [-0.05, 0) is 29.7 Å². The molecule has 0 radical (unpaired) electrons. The van der Waals surface area contributed by atoms with E-state index in [-0.39, 0.29) is 0 Å². The van der Waals surface area contributed by atoms with E-state index in [2.05, 4.69) is 6.58 Å². The van der Waals surface area contributed by atoms with Crippen molar-refractivity contribution in [2.45, 2.75) is 4.90 Å². The fraction of sp³-hybridized carbons (Fsp3) is 0. The molecule has 0 fully saturated rings. The molecule has 1 aromatic rings. The molecule has 0 aromatic heterocycles. The lowest BCUT2D eigenvalue weighted by molar-refractivity contribution is 0.100. The summed E-state index contributed by atoms with van der Waals surface area (Å²) in [5.41, 5.74) is 5.60. The quantitative estimate of drug-likeness (QED) is 0.721. The Hall–Kier alpha value is -1.22. The molecule has 2 N–H and O–H groups in total. The third-order valence-corrected chi connectivity index (χ3v) is 2.07. The maximum Gasteiger partial charge on any atom is 0.248 e. The van der Waals surface area contributed by atoms with Crippen LogP contribution in [0.1, 0.15) is 10.4 Å². The second-order valence-corrected chi connectivity index (χ2v) is 3.21. The van der Waals surface area contributed by atoms with E-state index in [0.717, 1.165) is 4.90 Å². The van der Waals surface area contributed by atoms with Gasteiger partial charge in [0.15, 0.2) is 0 Å². The highest BCUT2D eigenvalue weighted by Crippen LogP contribution is 2.18. The van der Waals surface area contributed by atoms with Crippen molar-refractivity contribution >= 4 is 17.7 Å². The molecule has 3 heteroatoms. The summed E-state index contributed by atoms with van der Waals surface area (Å²) < 4.78 is 0. The highest BCUT2D eigenvalue weighted by molar-refractivity contribution is 8.02. The van der Waals surface area contributed by atoms with Crippen LogP contribution in [0.5, 0.6) is 0 Å². The molecule has 1 amide bonds. The second kappa shape index (κ2) is 3.97. The van der Waals surface area contributed by atoms with E-state index in [1.165, 1.54) is 11.8 Å².